The molecule has 0 aliphatic carbocycles. The Morgan fingerprint density at radius 3 is 2.67 bits per heavy atom. The molecule has 82 valence electrons. The van der Waals surface area contributed by atoms with E-state index in [1.807, 2.05) is 6.92 Å². The summed E-state index contributed by atoms with van der Waals surface area (Å²) in [5.41, 5.74) is 0.0257. The second kappa shape index (κ2) is 5.14. The van der Waals surface area contributed by atoms with E-state index in [-0.39, 0.29) is 10.9 Å². The minimum absolute atomic E-state index is 0.0125. The van der Waals surface area contributed by atoms with Gasteiger partial charge in [0.25, 0.3) is 0 Å². The van der Waals surface area contributed by atoms with E-state index in [9.17, 15) is 9.90 Å². The van der Waals surface area contributed by atoms with Crippen LogP contribution in [0.1, 0.15) is 24.3 Å². The maximum Gasteiger partial charge on any atom is 0.354 e. The number of aliphatic hydroxyl groups excluding tert-OH is 1. The third-order valence-electron chi connectivity index (χ3n) is 1.93. The molecule has 2 atom stereocenters. The van der Waals surface area contributed by atoms with Gasteiger partial charge in [-0.15, -0.1) is 11.8 Å². The number of aromatic nitrogens is 1. The zero-order valence-electron chi connectivity index (χ0n) is 8.54. The van der Waals surface area contributed by atoms with Crippen LogP contribution in [0.2, 0.25) is 0 Å². The monoisotopic (exact) mass is 227 g/mol. The number of carboxylic acid groups (broad SMARTS) is 1. The summed E-state index contributed by atoms with van der Waals surface area (Å²) >= 11 is 1.36. The molecule has 0 radical (unpaired) electrons. The summed E-state index contributed by atoms with van der Waals surface area (Å²) in [5.74, 6) is -1.04. The molecule has 0 amide bonds. The van der Waals surface area contributed by atoms with Gasteiger partial charge in [0.2, 0.25) is 0 Å². The van der Waals surface area contributed by atoms with Crippen LogP contribution in [0.15, 0.2) is 23.2 Å². The predicted octanol–water partition coefficient (Wildman–Crippen LogP) is 1.64. The number of nitrogens with zero attached hydrogens (tertiary/aromatic N) is 1. The van der Waals surface area contributed by atoms with Crippen molar-refractivity contribution in [3.05, 3.63) is 23.9 Å². The van der Waals surface area contributed by atoms with Gasteiger partial charge in [0, 0.05) is 5.25 Å². The molecular formula is C10H13NO3S. The maximum absolute atomic E-state index is 10.7. The first kappa shape index (κ1) is 12.0. The molecule has 2 unspecified atom stereocenters. The number of carbonyl (C=O) groups is 1. The standard InChI is InChI=1S/C10H13NO3S/c1-6(12)7(2)15-9-5-3-4-8(11-9)10(13)14/h3-7,12H,1-2H3,(H,13,14). The Bertz CT molecular complexity index is 354. The molecule has 0 aliphatic heterocycles. The van der Waals surface area contributed by atoms with E-state index in [2.05, 4.69) is 4.98 Å². The molecule has 15 heavy (non-hydrogen) atoms. The summed E-state index contributed by atoms with van der Waals surface area (Å²) in [5, 5.41) is 18.6. The van der Waals surface area contributed by atoms with E-state index in [0.717, 1.165) is 0 Å². The first-order valence-corrected chi connectivity index (χ1v) is 5.43. The van der Waals surface area contributed by atoms with Crippen molar-refractivity contribution >= 4 is 17.7 Å². The fourth-order valence-corrected chi connectivity index (χ4v) is 1.77. The summed E-state index contributed by atoms with van der Waals surface area (Å²) in [6.45, 7) is 3.56. The Labute approximate surface area is 92.3 Å². The van der Waals surface area contributed by atoms with Crippen LogP contribution in [0, 0.1) is 0 Å². The first-order valence-electron chi connectivity index (χ1n) is 4.56. The molecule has 0 spiro atoms. The van der Waals surface area contributed by atoms with Gasteiger partial charge in [0.1, 0.15) is 5.69 Å². The Morgan fingerprint density at radius 2 is 2.13 bits per heavy atom. The predicted molar refractivity (Wildman–Crippen MR) is 58.2 cm³/mol. The smallest absolute Gasteiger partial charge is 0.354 e. The molecule has 0 bridgehead atoms. The Morgan fingerprint density at radius 1 is 1.47 bits per heavy atom. The van der Waals surface area contributed by atoms with Crippen LogP contribution in [0.3, 0.4) is 0 Å². The van der Waals surface area contributed by atoms with Crippen LogP contribution in [-0.4, -0.2) is 32.5 Å². The van der Waals surface area contributed by atoms with Crippen molar-refractivity contribution in [2.45, 2.75) is 30.2 Å². The summed E-state index contributed by atoms with van der Waals surface area (Å²) in [7, 11) is 0. The SMILES string of the molecule is CC(O)C(C)Sc1cccc(C(=O)O)n1. The molecule has 1 heterocycles. The lowest BCUT2D eigenvalue weighted by Crippen LogP contribution is -2.15. The molecule has 1 rings (SSSR count). The molecule has 4 nitrogen and oxygen atoms in total. The molecule has 0 saturated heterocycles. The average Bonchev–Trinajstić information content (AvgIpc) is 2.18. The van der Waals surface area contributed by atoms with Crippen LogP contribution >= 0.6 is 11.8 Å². The number of pyridine rings is 1. The molecule has 5 heteroatoms. The lowest BCUT2D eigenvalue weighted by molar-refractivity contribution is 0.0689. The molecule has 0 saturated carbocycles. The van der Waals surface area contributed by atoms with Crippen LogP contribution in [0.5, 0.6) is 0 Å². The van der Waals surface area contributed by atoms with Crippen molar-refractivity contribution in [1.29, 1.82) is 0 Å². The van der Waals surface area contributed by atoms with E-state index < -0.39 is 12.1 Å². The van der Waals surface area contributed by atoms with Crippen molar-refractivity contribution in [2.75, 3.05) is 0 Å². The minimum Gasteiger partial charge on any atom is -0.477 e. The van der Waals surface area contributed by atoms with Gasteiger partial charge in [-0.25, -0.2) is 9.78 Å². The fourth-order valence-electron chi connectivity index (χ4n) is 0.889. The number of rotatable bonds is 4. The lowest BCUT2D eigenvalue weighted by atomic mass is 10.3. The fraction of sp³-hybridized carbons (Fsp3) is 0.400. The highest BCUT2D eigenvalue weighted by Crippen LogP contribution is 2.23. The maximum atomic E-state index is 10.7. The second-order valence-electron chi connectivity index (χ2n) is 3.23. The zero-order chi connectivity index (χ0) is 11.4. The van der Waals surface area contributed by atoms with E-state index in [1.165, 1.54) is 17.8 Å². The first-order chi connectivity index (χ1) is 7.00. The highest BCUT2D eigenvalue weighted by molar-refractivity contribution is 7.99. The number of aromatic carboxylic acids is 1. The van der Waals surface area contributed by atoms with Crippen LogP contribution in [0.4, 0.5) is 0 Å². The number of carboxylic acids is 1. The quantitative estimate of drug-likeness (QED) is 0.765. The summed E-state index contributed by atoms with van der Waals surface area (Å²) < 4.78 is 0. The Hall–Kier alpha value is -1.07. The van der Waals surface area contributed by atoms with Crippen LogP contribution in [-0.2, 0) is 0 Å². The van der Waals surface area contributed by atoms with Gasteiger partial charge in [-0.3, -0.25) is 0 Å². The second-order valence-corrected chi connectivity index (χ2v) is 4.63. The summed E-state index contributed by atoms with van der Waals surface area (Å²) in [6.07, 6.45) is -0.453. The average molecular weight is 227 g/mol. The van der Waals surface area contributed by atoms with Crippen molar-refractivity contribution in [3.63, 3.8) is 0 Å². The molecule has 0 fully saturated rings. The number of hydrogen-bond donors (Lipinski definition) is 2. The summed E-state index contributed by atoms with van der Waals surface area (Å²) in [6, 6.07) is 4.82. The number of aliphatic hydroxyl groups is 1. The molecule has 0 aromatic carbocycles. The lowest BCUT2D eigenvalue weighted by Gasteiger charge is -2.13. The molecular weight excluding hydrogens is 214 g/mol. The number of hydrogen-bond acceptors (Lipinski definition) is 4. The molecule has 1 aromatic heterocycles. The normalized spacial score (nSPS) is 14.6. The van der Waals surface area contributed by atoms with Crippen molar-refractivity contribution in [1.82, 2.24) is 4.98 Å². The van der Waals surface area contributed by atoms with Crippen LogP contribution < -0.4 is 0 Å². The minimum atomic E-state index is -1.04. The van der Waals surface area contributed by atoms with Gasteiger partial charge in [-0.05, 0) is 19.1 Å². The van der Waals surface area contributed by atoms with Crippen molar-refractivity contribution in [3.8, 4) is 0 Å². The Balaban J connectivity index is 2.78. The van der Waals surface area contributed by atoms with Gasteiger partial charge >= 0.3 is 5.97 Å². The van der Waals surface area contributed by atoms with E-state index in [0.29, 0.717) is 5.03 Å². The van der Waals surface area contributed by atoms with E-state index in [1.54, 1.807) is 19.1 Å². The van der Waals surface area contributed by atoms with Gasteiger partial charge in [-0.2, -0.15) is 0 Å². The van der Waals surface area contributed by atoms with Gasteiger partial charge < -0.3 is 10.2 Å². The van der Waals surface area contributed by atoms with Gasteiger partial charge in [0.05, 0.1) is 11.1 Å². The van der Waals surface area contributed by atoms with E-state index >= 15 is 0 Å². The molecule has 2 N–H and O–H groups in total. The zero-order valence-corrected chi connectivity index (χ0v) is 9.36. The summed E-state index contributed by atoms with van der Waals surface area (Å²) in [4.78, 5) is 14.6. The number of thioether (sulfide) groups is 1. The highest BCUT2D eigenvalue weighted by atomic mass is 32.2. The van der Waals surface area contributed by atoms with Crippen LogP contribution in [0.25, 0.3) is 0 Å². The van der Waals surface area contributed by atoms with Gasteiger partial charge in [-0.1, -0.05) is 13.0 Å². The van der Waals surface area contributed by atoms with Crippen molar-refractivity contribution in [2.24, 2.45) is 0 Å². The largest absolute Gasteiger partial charge is 0.477 e. The third-order valence-corrected chi connectivity index (χ3v) is 3.16. The van der Waals surface area contributed by atoms with E-state index in [4.69, 9.17) is 5.11 Å². The molecule has 1 aromatic rings. The topological polar surface area (TPSA) is 70.4 Å². The highest BCUT2D eigenvalue weighted by Gasteiger charge is 2.12. The van der Waals surface area contributed by atoms with Gasteiger partial charge in [0.15, 0.2) is 0 Å². The van der Waals surface area contributed by atoms with Crippen molar-refractivity contribution < 1.29 is 15.0 Å². The molecule has 0 aliphatic rings. The Kier molecular flexibility index (Phi) is 4.11. The third kappa shape index (κ3) is 3.53.